The first-order valence-electron chi connectivity index (χ1n) is 9.62. The van der Waals surface area contributed by atoms with Crippen molar-refractivity contribution in [2.24, 2.45) is 11.0 Å². The molecule has 2 aromatic rings. The SMILES string of the molecule is COc1cc(OC)cc(OC2C(C(=O)N[C@@H](C)c3ccc(C(=O)O)cc3)C=NN2C)c1. The molecule has 1 aliphatic rings. The molecule has 0 aromatic heterocycles. The van der Waals surface area contributed by atoms with Gasteiger partial charge in [-0.25, -0.2) is 4.79 Å². The van der Waals surface area contributed by atoms with Crippen molar-refractivity contribution in [2.75, 3.05) is 21.3 Å². The molecule has 3 rings (SSSR count). The summed E-state index contributed by atoms with van der Waals surface area (Å²) in [6.07, 6.45) is 0.885. The molecule has 0 saturated heterocycles. The Morgan fingerprint density at radius 3 is 2.19 bits per heavy atom. The number of hydrogen-bond acceptors (Lipinski definition) is 7. The van der Waals surface area contributed by atoms with Crippen molar-refractivity contribution in [3.8, 4) is 17.2 Å². The first-order chi connectivity index (χ1) is 14.8. The van der Waals surface area contributed by atoms with Gasteiger partial charge in [-0.1, -0.05) is 12.1 Å². The number of nitrogens with zero attached hydrogens (tertiary/aromatic N) is 2. The lowest BCUT2D eigenvalue weighted by atomic mass is 10.0. The van der Waals surface area contributed by atoms with E-state index >= 15 is 0 Å². The highest BCUT2D eigenvalue weighted by molar-refractivity contribution is 5.95. The molecule has 0 saturated carbocycles. The molecular weight excluding hydrogens is 402 g/mol. The van der Waals surface area contributed by atoms with E-state index in [4.69, 9.17) is 19.3 Å². The van der Waals surface area contributed by atoms with Crippen LogP contribution in [0.15, 0.2) is 47.6 Å². The van der Waals surface area contributed by atoms with Crippen molar-refractivity contribution in [3.63, 3.8) is 0 Å². The first-order valence-corrected chi connectivity index (χ1v) is 9.62. The zero-order chi connectivity index (χ0) is 22.5. The van der Waals surface area contributed by atoms with E-state index in [9.17, 15) is 9.59 Å². The third-order valence-electron chi connectivity index (χ3n) is 4.99. The third-order valence-corrected chi connectivity index (χ3v) is 4.99. The maximum absolute atomic E-state index is 12.9. The number of rotatable bonds is 8. The summed E-state index contributed by atoms with van der Waals surface area (Å²) in [5.41, 5.74) is 0.977. The molecule has 0 aliphatic carbocycles. The highest BCUT2D eigenvalue weighted by Crippen LogP contribution is 2.30. The van der Waals surface area contributed by atoms with Crippen LogP contribution < -0.4 is 19.5 Å². The van der Waals surface area contributed by atoms with E-state index < -0.39 is 18.1 Å². The standard InChI is InChI=1S/C22H25N3O6/c1-13(14-5-7-15(8-6-14)22(27)28)24-20(26)19-12-23-25(2)21(19)31-18-10-16(29-3)9-17(11-18)30-4/h5-13,19,21H,1-4H3,(H,24,26)(H,27,28)/t13-,19?,21?/m0/s1. The second-order valence-electron chi connectivity index (χ2n) is 7.08. The predicted octanol–water partition coefficient (Wildman–Crippen LogP) is 2.53. The van der Waals surface area contributed by atoms with Crippen LogP contribution in [0, 0.1) is 5.92 Å². The summed E-state index contributed by atoms with van der Waals surface area (Å²) < 4.78 is 16.6. The van der Waals surface area contributed by atoms with Gasteiger partial charge in [-0.15, -0.1) is 0 Å². The molecule has 2 aromatic carbocycles. The Morgan fingerprint density at radius 2 is 1.65 bits per heavy atom. The molecule has 2 N–H and O–H groups in total. The molecule has 0 fully saturated rings. The van der Waals surface area contributed by atoms with E-state index in [0.29, 0.717) is 17.2 Å². The average molecular weight is 427 g/mol. The maximum Gasteiger partial charge on any atom is 0.335 e. The van der Waals surface area contributed by atoms with Gasteiger partial charge in [0.25, 0.3) is 0 Å². The zero-order valence-electron chi connectivity index (χ0n) is 17.7. The Kier molecular flexibility index (Phi) is 6.64. The number of amides is 1. The zero-order valence-corrected chi connectivity index (χ0v) is 17.7. The van der Waals surface area contributed by atoms with Crippen LogP contribution >= 0.6 is 0 Å². The molecule has 1 aliphatic heterocycles. The Hall–Kier alpha value is -3.75. The van der Waals surface area contributed by atoms with E-state index in [1.807, 2.05) is 6.92 Å². The van der Waals surface area contributed by atoms with Crippen molar-refractivity contribution in [3.05, 3.63) is 53.6 Å². The summed E-state index contributed by atoms with van der Waals surface area (Å²) in [7, 11) is 4.81. The molecule has 3 atom stereocenters. The summed E-state index contributed by atoms with van der Waals surface area (Å²) >= 11 is 0. The number of benzene rings is 2. The molecule has 0 spiro atoms. The Morgan fingerprint density at radius 1 is 1.06 bits per heavy atom. The quantitative estimate of drug-likeness (QED) is 0.666. The first kappa shape index (κ1) is 21.9. The predicted molar refractivity (Wildman–Crippen MR) is 114 cm³/mol. The lowest BCUT2D eigenvalue weighted by Gasteiger charge is -2.26. The lowest BCUT2D eigenvalue weighted by Crippen LogP contribution is -2.44. The van der Waals surface area contributed by atoms with Crippen molar-refractivity contribution in [1.82, 2.24) is 10.3 Å². The summed E-state index contributed by atoms with van der Waals surface area (Å²) in [6, 6.07) is 11.2. The van der Waals surface area contributed by atoms with Gasteiger partial charge in [-0.2, -0.15) is 5.10 Å². The highest BCUT2D eigenvalue weighted by Gasteiger charge is 2.37. The lowest BCUT2D eigenvalue weighted by molar-refractivity contribution is -0.127. The number of methoxy groups -OCH3 is 2. The third kappa shape index (κ3) is 5.06. The van der Waals surface area contributed by atoms with Gasteiger partial charge in [0, 0.05) is 31.5 Å². The van der Waals surface area contributed by atoms with Gasteiger partial charge in [0.05, 0.1) is 25.8 Å². The number of hydrogen-bond donors (Lipinski definition) is 2. The van der Waals surface area contributed by atoms with Gasteiger partial charge in [-0.3, -0.25) is 9.80 Å². The molecule has 164 valence electrons. The number of hydrazone groups is 1. The van der Waals surface area contributed by atoms with Crippen LogP contribution in [0.4, 0.5) is 0 Å². The van der Waals surface area contributed by atoms with E-state index in [2.05, 4.69) is 10.4 Å². The van der Waals surface area contributed by atoms with Crippen LogP contribution in [0.3, 0.4) is 0 Å². The summed E-state index contributed by atoms with van der Waals surface area (Å²) in [5, 5.41) is 17.7. The van der Waals surface area contributed by atoms with Crippen LogP contribution in [-0.4, -0.2) is 55.7 Å². The van der Waals surface area contributed by atoms with Crippen molar-refractivity contribution in [2.45, 2.75) is 19.2 Å². The van der Waals surface area contributed by atoms with Crippen LogP contribution in [-0.2, 0) is 4.79 Å². The van der Waals surface area contributed by atoms with Gasteiger partial charge in [0.2, 0.25) is 12.1 Å². The van der Waals surface area contributed by atoms with Crippen LogP contribution in [0.2, 0.25) is 0 Å². The second-order valence-corrected chi connectivity index (χ2v) is 7.08. The molecule has 0 radical (unpaired) electrons. The fraction of sp³-hybridized carbons (Fsp3) is 0.318. The fourth-order valence-corrected chi connectivity index (χ4v) is 3.19. The number of nitrogens with one attached hydrogen (secondary N) is 1. The average Bonchev–Trinajstić information content (AvgIpc) is 3.13. The van der Waals surface area contributed by atoms with Crippen LogP contribution in [0.1, 0.15) is 28.9 Å². The Labute approximate surface area is 180 Å². The summed E-state index contributed by atoms with van der Waals surface area (Å²) in [4.78, 5) is 24.0. The van der Waals surface area contributed by atoms with E-state index in [-0.39, 0.29) is 17.5 Å². The minimum Gasteiger partial charge on any atom is -0.496 e. The maximum atomic E-state index is 12.9. The molecular formula is C22H25N3O6. The monoisotopic (exact) mass is 427 g/mol. The highest BCUT2D eigenvalue weighted by atomic mass is 16.5. The second kappa shape index (κ2) is 9.38. The number of carbonyl (C=O) groups excluding carboxylic acids is 1. The Balaban J connectivity index is 1.71. The molecule has 1 heterocycles. The largest absolute Gasteiger partial charge is 0.496 e. The van der Waals surface area contributed by atoms with E-state index in [1.165, 1.54) is 18.3 Å². The van der Waals surface area contributed by atoms with Gasteiger partial charge in [-0.05, 0) is 24.6 Å². The van der Waals surface area contributed by atoms with Crippen molar-refractivity contribution < 1.29 is 28.9 Å². The Bertz CT molecular complexity index is 953. The van der Waals surface area contributed by atoms with Crippen molar-refractivity contribution >= 4 is 18.1 Å². The van der Waals surface area contributed by atoms with Gasteiger partial charge in [0.15, 0.2) is 0 Å². The molecule has 0 bridgehead atoms. The van der Waals surface area contributed by atoms with Crippen molar-refractivity contribution in [1.29, 1.82) is 0 Å². The van der Waals surface area contributed by atoms with E-state index in [1.54, 1.807) is 56.6 Å². The molecule has 9 nitrogen and oxygen atoms in total. The topological polar surface area (TPSA) is 110 Å². The minimum atomic E-state index is -0.998. The normalized spacial score (nSPS) is 18.4. The number of ether oxygens (including phenoxy) is 3. The number of carboxylic acids is 1. The summed E-state index contributed by atoms with van der Waals surface area (Å²) in [6.45, 7) is 1.83. The minimum absolute atomic E-state index is 0.189. The van der Waals surface area contributed by atoms with Gasteiger partial charge >= 0.3 is 5.97 Å². The van der Waals surface area contributed by atoms with Crippen LogP contribution in [0.25, 0.3) is 0 Å². The molecule has 2 unspecified atom stereocenters. The molecule has 31 heavy (non-hydrogen) atoms. The van der Waals surface area contributed by atoms with Gasteiger partial charge < -0.3 is 24.6 Å². The molecule has 9 heteroatoms. The smallest absolute Gasteiger partial charge is 0.335 e. The number of carbonyl (C=O) groups is 2. The van der Waals surface area contributed by atoms with Crippen LogP contribution in [0.5, 0.6) is 17.2 Å². The van der Waals surface area contributed by atoms with Gasteiger partial charge in [0.1, 0.15) is 23.2 Å². The summed E-state index contributed by atoms with van der Waals surface area (Å²) in [5.74, 6) is -0.298. The molecule has 1 amide bonds. The van der Waals surface area contributed by atoms with E-state index in [0.717, 1.165) is 5.56 Å². The number of aromatic carboxylic acids is 1. The fourth-order valence-electron chi connectivity index (χ4n) is 3.19. The number of carboxylic acid groups (broad SMARTS) is 1.